The topological polar surface area (TPSA) is 64.0 Å². The molecule has 0 fully saturated rings. The monoisotopic (exact) mass is 456 g/mol. The zero-order chi connectivity index (χ0) is 23.5. The van der Waals surface area contributed by atoms with Crippen LogP contribution < -0.4 is 18.9 Å². The first kappa shape index (κ1) is 22.1. The Morgan fingerprint density at radius 3 is 2.59 bits per heavy atom. The fraction of sp³-hybridized carbons (Fsp3) is 0.321. The van der Waals surface area contributed by atoms with Crippen molar-refractivity contribution in [2.75, 3.05) is 27.0 Å². The van der Waals surface area contributed by atoms with E-state index in [1.54, 1.807) is 7.11 Å². The van der Waals surface area contributed by atoms with Gasteiger partial charge >= 0.3 is 0 Å². The summed E-state index contributed by atoms with van der Waals surface area (Å²) in [7, 11) is 1.67. The number of benzene rings is 3. The number of nitriles is 1. The molecule has 0 saturated carbocycles. The Balaban J connectivity index is 1.54. The van der Waals surface area contributed by atoms with Crippen molar-refractivity contribution in [2.45, 2.75) is 32.4 Å². The first-order valence-corrected chi connectivity index (χ1v) is 11.6. The number of rotatable bonds is 7. The van der Waals surface area contributed by atoms with E-state index in [1.165, 1.54) is 11.1 Å². The third-order valence-electron chi connectivity index (χ3n) is 6.56. The summed E-state index contributed by atoms with van der Waals surface area (Å²) in [5.74, 6) is 3.00. The van der Waals surface area contributed by atoms with Gasteiger partial charge in [-0.1, -0.05) is 30.3 Å². The summed E-state index contributed by atoms with van der Waals surface area (Å²) in [6.45, 7) is 4.38. The van der Waals surface area contributed by atoms with Gasteiger partial charge < -0.3 is 18.9 Å². The van der Waals surface area contributed by atoms with Crippen LogP contribution in [0.3, 0.4) is 0 Å². The van der Waals surface area contributed by atoms with Gasteiger partial charge in [0.25, 0.3) is 0 Å². The van der Waals surface area contributed by atoms with E-state index in [0.29, 0.717) is 25.3 Å². The standard InChI is InChI=1S/C28H28N2O4/c1-19-13-25-27(34-18-33-25)15-22(19)28-23-16-24(31-2)26(32-17-20-7-4-3-5-8-20)14-21(23)9-12-30(28)11-6-10-29/h3-5,7-8,13-16,28H,6,9,11-12,17-18H2,1-2H3. The van der Waals surface area contributed by atoms with Crippen molar-refractivity contribution in [1.29, 1.82) is 5.26 Å². The van der Waals surface area contributed by atoms with Crippen LogP contribution in [0.1, 0.15) is 40.3 Å². The summed E-state index contributed by atoms with van der Waals surface area (Å²) < 4.78 is 23.2. The second-order valence-electron chi connectivity index (χ2n) is 8.63. The number of aryl methyl sites for hydroxylation is 1. The van der Waals surface area contributed by atoms with E-state index in [-0.39, 0.29) is 12.8 Å². The van der Waals surface area contributed by atoms with Crippen LogP contribution >= 0.6 is 0 Å². The maximum atomic E-state index is 9.25. The van der Waals surface area contributed by atoms with Crippen molar-refractivity contribution in [2.24, 2.45) is 0 Å². The molecule has 3 aromatic rings. The predicted octanol–water partition coefficient (Wildman–Crippen LogP) is 5.17. The molecule has 0 radical (unpaired) electrons. The van der Waals surface area contributed by atoms with Gasteiger partial charge in [-0.05, 0) is 65.4 Å². The molecule has 34 heavy (non-hydrogen) atoms. The largest absolute Gasteiger partial charge is 0.493 e. The van der Waals surface area contributed by atoms with E-state index in [9.17, 15) is 5.26 Å². The SMILES string of the molecule is COc1cc2c(cc1OCc1ccccc1)CCN(CCC#N)C2c1cc2c(cc1C)OCO2. The van der Waals surface area contributed by atoms with E-state index in [0.717, 1.165) is 46.9 Å². The first-order chi connectivity index (χ1) is 16.7. The van der Waals surface area contributed by atoms with Gasteiger partial charge in [-0.25, -0.2) is 0 Å². The van der Waals surface area contributed by atoms with Crippen LogP contribution in [0.25, 0.3) is 0 Å². The Hall–Kier alpha value is -3.69. The van der Waals surface area contributed by atoms with Gasteiger partial charge in [-0.3, -0.25) is 4.90 Å². The van der Waals surface area contributed by atoms with Crippen molar-refractivity contribution >= 4 is 0 Å². The lowest BCUT2D eigenvalue weighted by molar-refractivity contribution is 0.173. The third-order valence-corrected chi connectivity index (χ3v) is 6.56. The summed E-state index contributed by atoms with van der Waals surface area (Å²) in [4.78, 5) is 2.38. The fourth-order valence-corrected chi connectivity index (χ4v) is 4.84. The van der Waals surface area contributed by atoms with Crippen LogP contribution in [0, 0.1) is 18.3 Å². The summed E-state index contributed by atoms with van der Waals surface area (Å²) in [5, 5.41) is 9.25. The van der Waals surface area contributed by atoms with Crippen molar-refractivity contribution < 1.29 is 18.9 Å². The van der Waals surface area contributed by atoms with Gasteiger partial charge in [-0.15, -0.1) is 0 Å². The van der Waals surface area contributed by atoms with Crippen molar-refractivity contribution in [3.8, 4) is 29.1 Å². The Kier molecular flexibility index (Phi) is 6.29. The van der Waals surface area contributed by atoms with Gasteiger partial charge in [0.05, 0.1) is 19.2 Å². The number of fused-ring (bicyclic) bond motifs is 2. The van der Waals surface area contributed by atoms with E-state index in [1.807, 2.05) is 24.3 Å². The van der Waals surface area contributed by atoms with E-state index < -0.39 is 0 Å². The molecule has 0 aromatic heterocycles. The molecule has 0 saturated heterocycles. The van der Waals surface area contributed by atoms with Gasteiger partial charge in [-0.2, -0.15) is 5.26 Å². The highest BCUT2D eigenvalue weighted by atomic mass is 16.7. The number of hydrogen-bond acceptors (Lipinski definition) is 6. The summed E-state index contributed by atoms with van der Waals surface area (Å²) in [6.07, 6.45) is 1.36. The molecular weight excluding hydrogens is 428 g/mol. The molecule has 0 bridgehead atoms. The minimum absolute atomic E-state index is 0.0105. The molecule has 6 heteroatoms. The molecule has 2 aliphatic rings. The van der Waals surface area contributed by atoms with Crippen LogP contribution in [0.4, 0.5) is 0 Å². The predicted molar refractivity (Wildman–Crippen MR) is 128 cm³/mol. The summed E-state index contributed by atoms with van der Waals surface area (Å²) in [6, 6.07) is 20.8. The van der Waals surface area contributed by atoms with Crippen LogP contribution in [-0.4, -0.2) is 31.9 Å². The minimum Gasteiger partial charge on any atom is -0.493 e. The van der Waals surface area contributed by atoms with Crippen LogP contribution in [0.5, 0.6) is 23.0 Å². The Morgan fingerprint density at radius 1 is 1.03 bits per heavy atom. The molecule has 3 aromatic carbocycles. The van der Waals surface area contributed by atoms with Crippen LogP contribution in [0.15, 0.2) is 54.6 Å². The smallest absolute Gasteiger partial charge is 0.231 e. The Bertz CT molecular complexity index is 1220. The molecule has 2 heterocycles. The number of methoxy groups -OCH3 is 1. The van der Waals surface area contributed by atoms with E-state index >= 15 is 0 Å². The highest BCUT2D eigenvalue weighted by molar-refractivity contribution is 5.55. The lowest BCUT2D eigenvalue weighted by Crippen LogP contribution is -2.37. The molecule has 1 unspecified atom stereocenters. The lowest BCUT2D eigenvalue weighted by atomic mass is 9.85. The Labute approximate surface area is 200 Å². The first-order valence-electron chi connectivity index (χ1n) is 11.6. The van der Waals surface area contributed by atoms with Crippen LogP contribution in [-0.2, 0) is 13.0 Å². The highest BCUT2D eigenvalue weighted by Gasteiger charge is 2.32. The molecular formula is C28H28N2O4. The molecule has 0 spiro atoms. The van der Waals surface area contributed by atoms with Crippen molar-refractivity contribution in [3.05, 3.63) is 82.4 Å². The fourth-order valence-electron chi connectivity index (χ4n) is 4.84. The molecule has 5 rings (SSSR count). The van der Waals surface area contributed by atoms with Gasteiger partial charge in [0.15, 0.2) is 23.0 Å². The zero-order valence-electron chi connectivity index (χ0n) is 19.5. The van der Waals surface area contributed by atoms with Gasteiger partial charge in [0.2, 0.25) is 6.79 Å². The normalized spacial score (nSPS) is 16.6. The summed E-state index contributed by atoms with van der Waals surface area (Å²) in [5.41, 5.74) is 5.81. The average Bonchev–Trinajstić information content (AvgIpc) is 3.32. The second-order valence-corrected chi connectivity index (χ2v) is 8.63. The van der Waals surface area contributed by atoms with E-state index in [2.05, 4.69) is 48.2 Å². The minimum atomic E-state index is -0.0105. The highest BCUT2D eigenvalue weighted by Crippen LogP contribution is 2.45. The molecule has 0 N–H and O–H groups in total. The molecule has 174 valence electrons. The Morgan fingerprint density at radius 2 is 1.82 bits per heavy atom. The maximum Gasteiger partial charge on any atom is 0.231 e. The lowest BCUT2D eigenvalue weighted by Gasteiger charge is -2.38. The summed E-state index contributed by atoms with van der Waals surface area (Å²) >= 11 is 0. The third kappa shape index (κ3) is 4.27. The molecule has 1 atom stereocenters. The number of nitrogens with zero attached hydrogens (tertiary/aromatic N) is 2. The second kappa shape index (κ2) is 9.66. The van der Waals surface area contributed by atoms with Crippen LogP contribution in [0.2, 0.25) is 0 Å². The quantitative estimate of drug-likeness (QED) is 0.489. The van der Waals surface area contributed by atoms with E-state index in [4.69, 9.17) is 18.9 Å². The van der Waals surface area contributed by atoms with Crippen molar-refractivity contribution in [1.82, 2.24) is 4.90 Å². The number of hydrogen-bond donors (Lipinski definition) is 0. The molecule has 0 amide bonds. The van der Waals surface area contributed by atoms with Crippen molar-refractivity contribution in [3.63, 3.8) is 0 Å². The zero-order valence-corrected chi connectivity index (χ0v) is 19.5. The van der Waals surface area contributed by atoms with Gasteiger partial charge in [0.1, 0.15) is 6.61 Å². The molecule has 0 aliphatic carbocycles. The maximum absolute atomic E-state index is 9.25. The number of ether oxygens (including phenoxy) is 4. The average molecular weight is 457 g/mol. The molecule has 2 aliphatic heterocycles. The van der Waals surface area contributed by atoms with Gasteiger partial charge in [0, 0.05) is 19.5 Å². The molecule has 6 nitrogen and oxygen atoms in total.